The molecule has 2 N–H and O–H groups in total. The van der Waals surface area contributed by atoms with Crippen molar-refractivity contribution in [2.75, 3.05) is 39.6 Å². The second kappa shape index (κ2) is 12.8. The Labute approximate surface area is 168 Å². The van der Waals surface area contributed by atoms with Gasteiger partial charge in [0.15, 0.2) is 0 Å². The molecule has 0 heterocycles. The molecule has 10 heteroatoms. The summed E-state index contributed by atoms with van der Waals surface area (Å²) in [6, 6.07) is 5.32. The Hall–Kier alpha value is -0.720. The average molecular weight is 437 g/mol. The molecule has 0 saturated heterocycles. The van der Waals surface area contributed by atoms with Crippen molar-refractivity contribution in [3.05, 3.63) is 29.3 Å². The van der Waals surface area contributed by atoms with Crippen LogP contribution in [0.4, 0.5) is 0 Å². The summed E-state index contributed by atoms with van der Waals surface area (Å²) in [5.41, 5.74) is 6.90. The maximum atomic E-state index is 12.9. The van der Waals surface area contributed by atoms with Gasteiger partial charge in [-0.25, -0.2) is 0 Å². The first kappa shape index (κ1) is 25.3. The Morgan fingerprint density at radius 3 is 1.46 bits per heavy atom. The van der Waals surface area contributed by atoms with E-state index in [9.17, 15) is 9.13 Å². The van der Waals surface area contributed by atoms with E-state index in [1.54, 1.807) is 45.9 Å². The quantitative estimate of drug-likeness (QED) is 0.398. The summed E-state index contributed by atoms with van der Waals surface area (Å²) in [5, 5.41) is 0. The normalized spacial score (nSPS) is 12.3. The third-order valence-corrected chi connectivity index (χ3v) is 7.58. The van der Waals surface area contributed by atoms with E-state index in [4.69, 9.17) is 28.6 Å². The number of nitrogens with two attached hydrogens (primary N) is 1. The lowest BCUT2D eigenvalue weighted by Gasteiger charge is -2.20. The van der Waals surface area contributed by atoms with Gasteiger partial charge in [-0.15, -0.1) is 0 Å². The Morgan fingerprint density at radius 2 is 1.14 bits per heavy atom. The molecule has 0 radical (unpaired) electrons. The third-order valence-electron chi connectivity index (χ3n) is 3.47. The van der Waals surface area contributed by atoms with E-state index in [-0.39, 0.29) is 38.8 Å². The Kier molecular flexibility index (Phi) is 11.5. The molecule has 0 saturated carbocycles. The van der Waals surface area contributed by atoms with Gasteiger partial charge in [-0.2, -0.15) is 0 Å². The molecule has 28 heavy (non-hydrogen) atoms. The maximum absolute atomic E-state index is 12.9. The summed E-state index contributed by atoms with van der Waals surface area (Å²) in [4.78, 5) is 0. The van der Waals surface area contributed by atoms with Crippen molar-refractivity contribution in [3.8, 4) is 5.75 Å². The zero-order valence-electron chi connectivity index (χ0n) is 17.2. The standard InChI is InChI=1S/C18H33NO7P2/c1-5-23-27(20,24-6-2)14-16-11-17(13-18(12-16)22-10-9-19)15-28(21,25-7-3)26-8-4/h11-13H,5-10,14-15,19H2,1-4H3. The minimum atomic E-state index is -3.30. The lowest BCUT2D eigenvalue weighted by Crippen LogP contribution is -2.11. The van der Waals surface area contributed by atoms with E-state index in [0.717, 1.165) is 0 Å². The summed E-state index contributed by atoms with van der Waals surface area (Å²) in [6.45, 7) is 8.83. The first-order valence-electron chi connectivity index (χ1n) is 9.55. The van der Waals surface area contributed by atoms with Crippen LogP contribution in [0.15, 0.2) is 18.2 Å². The molecule has 8 nitrogen and oxygen atoms in total. The highest BCUT2D eigenvalue weighted by Crippen LogP contribution is 2.53. The van der Waals surface area contributed by atoms with Crippen molar-refractivity contribution in [1.29, 1.82) is 0 Å². The van der Waals surface area contributed by atoms with Crippen LogP contribution in [0.2, 0.25) is 0 Å². The maximum Gasteiger partial charge on any atom is 0.335 e. The van der Waals surface area contributed by atoms with Crippen LogP contribution in [0, 0.1) is 0 Å². The van der Waals surface area contributed by atoms with Crippen molar-refractivity contribution in [3.63, 3.8) is 0 Å². The Morgan fingerprint density at radius 1 is 0.750 bits per heavy atom. The molecule has 0 unspecified atom stereocenters. The van der Waals surface area contributed by atoms with Gasteiger partial charge in [0.1, 0.15) is 12.4 Å². The summed E-state index contributed by atoms with van der Waals surface area (Å²) < 4.78 is 53.0. The smallest absolute Gasteiger partial charge is 0.335 e. The van der Waals surface area contributed by atoms with Crippen LogP contribution in [-0.4, -0.2) is 39.6 Å². The molecule has 1 aromatic rings. The van der Waals surface area contributed by atoms with E-state index in [0.29, 0.717) is 30.0 Å². The van der Waals surface area contributed by atoms with Gasteiger partial charge in [0.2, 0.25) is 0 Å². The van der Waals surface area contributed by atoms with Gasteiger partial charge >= 0.3 is 15.2 Å². The molecule has 162 valence electrons. The molecule has 0 aliphatic heterocycles. The van der Waals surface area contributed by atoms with Crippen LogP contribution in [0.1, 0.15) is 38.8 Å². The van der Waals surface area contributed by atoms with Crippen molar-refractivity contribution >= 4 is 15.2 Å². The minimum Gasteiger partial charge on any atom is -0.492 e. The fourth-order valence-electron chi connectivity index (χ4n) is 2.66. The molecule has 0 atom stereocenters. The van der Waals surface area contributed by atoms with E-state index in [2.05, 4.69) is 0 Å². The highest BCUT2D eigenvalue weighted by Gasteiger charge is 2.27. The van der Waals surface area contributed by atoms with Crippen LogP contribution < -0.4 is 10.5 Å². The van der Waals surface area contributed by atoms with Gasteiger partial charge in [-0.3, -0.25) is 9.13 Å². The molecule has 0 aliphatic rings. The number of rotatable bonds is 15. The fraction of sp³-hybridized carbons (Fsp3) is 0.667. The average Bonchev–Trinajstić information content (AvgIpc) is 2.60. The molecular weight excluding hydrogens is 404 g/mol. The lowest BCUT2D eigenvalue weighted by molar-refractivity contribution is 0.218. The molecule has 0 aliphatic carbocycles. The zero-order chi connectivity index (χ0) is 21.0. The molecule has 0 aromatic heterocycles. The Bertz CT molecular complexity index is 614. The van der Waals surface area contributed by atoms with Crippen molar-refractivity contribution in [1.82, 2.24) is 0 Å². The summed E-state index contributed by atoms with van der Waals surface area (Å²) in [7, 11) is -6.59. The number of ether oxygens (including phenoxy) is 1. The largest absolute Gasteiger partial charge is 0.492 e. The van der Waals surface area contributed by atoms with E-state index < -0.39 is 15.2 Å². The number of benzene rings is 1. The zero-order valence-corrected chi connectivity index (χ0v) is 19.0. The van der Waals surface area contributed by atoms with Crippen LogP contribution in [0.3, 0.4) is 0 Å². The van der Waals surface area contributed by atoms with Gasteiger partial charge in [-0.05, 0) is 51.0 Å². The molecule has 0 fully saturated rings. The predicted molar refractivity (Wildman–Crippen MR) is 110 cm³/mol. The van der Waals surface area contributed by atoms with E-state index in [1.165, 1.54) is 0 Å². The first-order chi connectivity index (χ1) is 13.3. The van der Waals surface area contributed by atoms with Gasteiger partial charge in [0.25, 0.3) is 0 Å². The second-order valence-corrected chi connectivity index (χ2v) is 9.94. The van der Waals surface area contributed by atoms with Crippen molar-refractivity contribution < 1.29 is 32.0 Å². The SMILES string of the molecule is CCOP(=O)(Cc1cc(CP(=O)(OCC)OCC)cc(OCCN)c1)OCC. The molecule has 1 aromatic carbocycles. The highest BCUT2D eigenvalue weighted by atomic mass is 31.2. The molecule has 0 spiro atoms. The van der Waals surface area contributed by atoms with Crippen LogP contribution in [0.5, 0.6) is 5.75 Å². The first-order valence-corrected chi connectivity index (χ1v) is 13.0. The number of hydrogen-bond acceptors (Lipinski definition) is 8. The minimum absolute atomic E-state index is 0.0784. The van der Waals surface area contributed by atoms with E-state index in [1.807, 2.05) is 0 Å². The van der Waals surface area contributed by atoms with Crippen molar-refractivity contribution in [2.24, 2.45) is 5.73 Å². The predicted octanol–water partition coefficient (Wildman–Crippen LogP) is 4.56. The van der Waals surface area contributed by atoms with Gasteiger partial charge in [0.05, 0.1) is 38.8 Å². The van der Waals surface area contributed by atoms with E-state index >= 15 is 0 Å². The van der Waals surface area contributed by atoms with Crippen LogP contribution in [-0.2, 0) is 39.5 Å². The molecule has 0 amide bonds. The topological polar surface area (TPSA) is 106 Å². The lowest BCUT2D eigenvalue weighted by atomic mass is 10.1. The molecule has 0 bridgehead atoms. The summed E-state index contributed by atoms with van der Waals surface area (Å²) in [5.74, 6) is 0.539. The monoisotopic (exact) mass is 437 g/mol. The van der Waals surface area contributed by atoms with Gasteiger partial charge in [-0.1, -0.05) is 6.07 Å². The molecular formula is C18H33NO7P2. The Balaban J connectivity index is 3.21. The summed E-state index contributed by atoms with van der Waals surface area (Å²) in [6.07, 6.45) is 0.157. The third kappa shape index (κ3) is 8.75. The van der Waals surface area contributed by atoms with Gasteiger partial charge in [0, 0.05) is 6.54 Å². The fourth-order valence-corrected chi connectivity index (χ4v) is 6.01. The number of hydrogen-bond donors (Lipinski definition) is 1. The summed E-state index contributed by atoms with van der Waals surface area (Å²) >= 11 is 0. The molecule has 1 rings (SSSR count). The highest BCUT2D eigenvalue weighted by molar-refractivity contribution is 7.53. The van der Waals surface area contributed by atoms with Crippen LogP contribution >= 0.6 is 15.2 Å². The van der Waals surface area contributed by atoms with Gasteiger partial charge < -0.3 is 28.6 Å². The second-order valence-electron chi connectivity index (χ2n) is 5.83. The van der Waals surface area contributed by atoms with Crippen molar-refractivity contribution in [2.45, 2.75) is 40.0 Å². The van der Waals surface area contributed by atoms with Crippen LogP contribution in [0.25, 0.3) is 0 Å².